The van der Waals surface area contributed by atoms with Gasteiger partial charge in [-0.25, -0.2) is 0 Å². The number of Topliss-reactive ketones (excluding diaryl/α,β-unsaturated/α-hetero) is 1. The number of benzene rings is 1. The van der Waals surface area contributed by atoms with Crippen LogP contribution in [0.1, 0.15) is 50.7 Å². The second kappa shape index (κ2) is 8.82. The second-order valence-electron chi connectivity index (χ2n) is 9.12. The van der Waals surface area contributed by atoms with E-state index in [9.17, 15) is 23.2 Å². The first-order valence-corrected chi connectivity index (χ1v) is 12.7. The monoisotopic (exact) mass is 503 g/mol. The minimum absolute atomic E-state index is 0.0646. The Morgan fingerprint density at radius 2 is 2.03 bits per heavy atom. The molecular weight excluding hydrogens is 479 g/mol. The van der Waals surface area contributed by atoms with E-state index in [1.54, 1.807) is 23.1 Å². The number of nitriles is 1. The van der Waals surface area contributed by atoms with Crippen molar-refractivity contribution in [2.45, 2.75) is 49.9 Å². The number of hydrogen-bond acceptors (Lipinski definition) is 6. The average molecular weight is 504 g/mol. The Hall–Kier alpha value is -2.70. The molecule has 0 spiro atoms. The van der Waals surface area contributed by atoms with E-state index in [1.807, 2.05) is 32.2 Å². The number of halogens is 3. The van der Waals surface area contributed by atoms with Gasteiger partial charge < -0.3 is 5.73 Å². The third-order valence-corrected chi connectivity index (χ3v) is 8.21. The molecular formula is C25H24F3N3OS2. The first-order valence-electron chi connectivity index (χ1n) is 10.8. The molecule has 0 unspecified atom stereocenters. The van der Waals surface area contributed by atoms with Crippen molar-refractivity contribution in [3.05, 3.63) is 69.5 Å². The number of carbonyl (C=O) groups excluding carboxylic acids is 1. The van der Waals surface area contributed by atoms with E-state index in [2.05, 4.69) is 6.07 Å². The lowest BCUT2D eigenvalue weighted by molar-refractivity contribution is -0.137. The van der Waals surface area contributed by atoms with Crippen LogP contribution in [0.3, 0.4) is 0 Å². The molecule has 1 aliphatic carbocycles. The summed E-state index contributed by atoms with van der Waals surface area (Å²) in [5.41, 5.74) is 7.56. The van der Waals surface area contributed by atoms with Crippen molar-refractivity contribution in [1.29, 1.82) is 5.26 Å². The molecule has 34 heavy (non-hydrogen) atoms. The molecule has 0 amide bonds. The van der Waals surface area contributed by atoms with E-state index in [0.29, 0.717) is 17.7 Å². The van der Waals surface area contributed by atoms with Crippen LogP contribution in [0.4, 0.5) is 18.9 Å². The van der Waals surface area contributed by atoms with Crippen LogP contribution in [0.5, 0.6) is 0 Å². The molecule has 4 nitrogen and oxygen atoms in total. The lowest BCUT2D eigenvalue weighted by Gasteiger charge is -2.43. The summed E-state index contributed by atoms with van der Waals surface area (Å²) < 4.78 is 41.4. The molecule has 0 saturated heterocycles. The highest BCUT2D eigenvalue weighted by molar-refractivity contribution is 8.01. The number of thiophene rings is 1. The Bertz CT molecular complexity index is 1250. The molecule has 2 N–H and O–H groups in total. The van der Waals surface area contributed by atoms with Crippen LogP contribution in [-0.4, -0.2) is 11.5 Å². The van der Waals surface area contributed by atoms with Gasteiger partial charge >= 0.3 is 6.18 Å². The lowest BCUT2D eigenvalue weighted by atomic mass is 9.69. The molecule has 4 rings (SSSR count). The molecule has 2 aliphatic rings. The van der Waals surface area contributed by atoms with Gasteiger partial charge in [0.05, 0.1) is 27.3 Å². The van der Waals surface area contributed by atoms with E-state index in [0.717, 1.165) is 27.7 Å². The predicted octanol–water partition coefficient (Wildman–Crippen LogP) is 6.82. The van der Waals surface area contributed by atoms with Crippen LogP contribution in [0, 0.1) is 16.7 Å². The van der Waals surface area contributed by atoms with Gasteiger partial charge in [0.15, 0.2) is 5.78 Å². The van der Waals surface area contributed by atoms with E-state index < -0.39 is 23.1 Å². The number of anilines is 1. The lowest BCUT2D eigenvalue weighted by Crippen LogP contribution is -2.42. The maximum atomic E-state index is 13.5. The van der Waals surface area contributed by atoms with Gasteiger partial charge in [-0.1, -0.05) is 26.8 Å². The molecule has 2 aromatic rings. The summed E-state index contributed by atoms with van der Waals surface area (Å²) in [6.45, 7) is 5.94. The van der Waals surface area contributed by atoms with E-state index in [-0.39, 0.29) is 29.3 Å². The highest BCUT2D eigenvalue weighted by Crippen LogP contribution is 2.52. The summed E-state index contributed by atoms with van der Waals surface area (Å²) in [5.74, 6) is 0.151. The zero-order valence-electron chi connectivity index (χ0n) is 19.0. The highest BCUT2D eigenvalue weighted by Gasteiger charge is 2.45. The van der Waals surface area contributed by atoms with Crippen molar-refractivity contribution in [3.63, 3.8) is 0 Å². The summed E-state index contributed by atoms with van der Waals surface area (Å²) in [6.07, 6.45) is -3.80. The number of allylic oxidation sites excluding steroid dienone is 3. The van der Waals surface area contributed by atoms with Crippen LogP contribution in [0.15, 0.2) is 62.6 Å². The summed E-state index contributed by atoms with van der Waals surface area (Å²) in [6, 6.07) is 8.94. The van der Waals surface area contributed by atoms with Gasteiger partial charge in [0, 0.05) is 23.4 Å². The zero-order chi connectivity index (χ0) is 24.8. The highest BCUT2D eigenvalue weighted by atomic mass is 32.2. The third-order valence-electron chi connectivity index (χ3n) is 6.06. The number of carbonyl (C=O) groups is 1. The minimum atomic E-state index is -4.54. The Labute approximate surface area is 204 Å². The standard InChI is InChI=1S/C25H24F3N3OS2/c1-4-33-23-16(8-9-34-23)20-17(13-29)22(30)31(15-7-5-6-14(10-15)25(26,27)28)18-11-24(2,3)12-19(32)21(18)20/h5-10,20H,4,11-12,30H2,1-3H3/t20-/m1/s1. The number of thioether (sulfide) groups is 1. The molecule has 1 aromatic carbocycles. The summed E-state index contributed by atoms with van der Waals surface area (Å²) in [5, 5.41) is 12.1. The van der Waals surface area contributed by atoms with Crippen LogP contribution < -0.4 is 10.6 Å². The van der Waals surface area contributed by atoms with Gasteiger partial charge in [-0.3, -0.25) is 9.69 Å². The van der Waals surface area contributed by atoms with Crippen LogP contribution in [0.2, 0.25) is 0 Å². The Balaban J connectivity index is 1.99. The normalized spacial score (nSPS) is 20.4. The molecule has 1 atom stereocenters. The molecule has 0 radical (unpaired) electrons. The topological polar surface area (TPSA) is 70.1 Å². The van der Waals surface area contributed by atoms with Gasteiger partial charge in [-0.05, 0) is 52.8 Å². The van der Waals surface area contributed by atoms with Gasteiger partial charge in [0.25, 0.3) is 0 Å². The molecule has 1 aliphatic heterocycles. The van der Waals surface area contributed by atoms with Crippen LogP contribution in [0.25, 0.3) is 0 Å². The molecule has 0 fully saturated rings. The Morgan fingerprint density at radius 3 is 2.68 bits per heavy atom. The first-order chi connectivity index (χ1) is 16.0. The average Bonchev–Trinajstić information content (AvgIpc) is 3.19. The molecule has 2 heterocycles. The molecule has 9 heteroatoms. The molecule has 178 valence electrons. The van der Waals surface area contributed by atoms with Crippen molar-refractivity contribution in [3.8, 4) is 6.07 Å². The number of nitrogens with two attached hydrogens (primary N) is 1. The fourth-order valence-corrected chi connectivity index (χ4v) is 6.77. The number of hydrogen-bond donors (Lipinski definition) is 1. The maximum Gasteiger partial charge on any atom is 0.416 e. The van der Waals surface area contributed by atoms with Crippen LogP contribution in [-0.2, 0) is 11.0 Å². The quantitative estimate of drug-likeness (QED) is 0.464. The van der Waals surface area contributed by atoms with E-state index in [4.69, 9.17) is 5.73 Å². The number of rotatable bonds is 4. The van der Waals surface area contributed by atoms with Crippen molar-refractivity contribution in [1.82, 2.24) is 0 Å². The predicted molar refractivity (Wildman–Crippen MR) is 129 cm³/mol. The Kier molecular flexibility index (Phi) is 6.34. The summed E-state index contributed by atoms with van der Waals surface area (Å²) in [4.78, 5) is 15.0. The van der Waals surface area contributed by atoms with Gasteiger partial charge in [-0.15, -0.1) is 23.1 Å². The summed E-state index contributed by atoms with van der Waals surface area (Å²) in [7, 11) is 0. The fraction of sp³-hybridized carbons (Fsp3) is 0.360. The summed E-state index contributed by atoms with van der Waals surface area (Å²) >= 11 is 3.17. The molecule has 0 bridgehead atoms. The molecule has 1 aromatic heterocycles. The smallest absolute Gasteiger partial charge is 0.384 e. The second-order valence-corrected chi connectivity index (χ2v) is 11.6. The van der Waals surface area contributed by atoms with Crippen molar-refractivity contribution in [2.24, 2.45) is 11.1 Å². The largest absolute Gasteiger partial charge is 0.416 e. The van der Waals surface area contributed by atoms with Crippen molar-refractivity contribution < 1.29 is 18.0 Å². The molecule has 0 saturated carbocycles. The third kappa shape index (κ3) is 4.25. The van der Waals surface area contributed by atoms with Gasteiger partial charge in [0.1, 0.15) is 5.82 Å². The fourth-order valence-electron chi connectivity index (χ4n) is 4.70. The van der Waals surface area contributed by atoms with E-state index in [1.165, 1.54) is 17.0 Å². The maximum absolute atomic E-state index is 13.5. The zero-order valence-corrected chi connectivity index (χ0v) is 20.6. The number of ketones is 1. The van der Waals surface area contributed by atoms with Crippen molar-refractivity contribution >= 4 is 34.6 Å². The SMILES string of the molecule is CCSc1sccc1[C@@H]1C(C#N)=C(N)N(c2cccc(C(F)(F)F)c2)C2=C1C(=O)CC(C)(C)C2. The Morgan fingerprint density at radius 1 is 1.29 bits per heavy atom. The van der Waals surface area contributed by atoms with Gasteiger partial charge in [0.2, 0.25) is 0 Å². The number of alkyl halides is 3. The minimum Gasteiger partial charge on any atom is -0.384 e. The number of nitrogens with zero attached hydrogens (tertiary/aromatic N) is 2. The first kappa shape index (κ1) is 24.4. The van der Waals surface area contributed by atoms with Crippen LogP contribution >= 0.6 is 23.1 Å². The van der Waals surface area contributed by atoms with E-state index >= 15 is 0 Å². The van der Waals surface area contributed by atoms with Gasteiger partial charge in [-0.2, -0.15) is 18.4 Å². The van der Waals surface area contributed by atoms with Crippen molar-refractivity contribution in [2.75, 3.05) is 10.7 Å².